The van der Waals surface area contributed by atoms with Gasteiger partial charge in [0.2, 0.25) is 0 Å². The van der Waals surface area contributed by atoms with Gasteiger partial charge in [-0.05, 0) is 150 Å². The Hall–Kier alpha value is -6.40. The number of benzene rings is 3. The number of halogens is 2. The van der Waals surface area contributed by atoms with Crippen molar-refractivity contribution in [2.75, 3.05) is 20.2 Å². The monoisotopic (exact) mass is 961 g/mol. The first-order valence-corrected chi connectivity index (χ1v) is 25.1. The van der Waals surface area contributed by atoms with E-state index in [-0.39, 0.29) is 53.1 Å². The van der Waals surface area contributed by atoms with Gasteiger partial charge in [-0.1, -0.05) is 18.1 Å². The van der Waals surface area contributed by atoms with Crippen molar-refractivity contribution in [3.8, 4) is 5.69 Å². The van der Waals surface area contributed by atoms with Gasteiger partial charge < -0.3 is 19.9 Å². The average molecular weight is 962 g/mol. The lowest BCUT2D eigenvalue weighted by Gasteiger charge is -2.37. The fourth-order valence-electron chi connectivity index (χ4n) is 10.9. The predicted octanol–water partition coefficient (Wildman–Crippen LogP) is 8.27. The number of nitrogens with two attached hydrogens (primary N) is 1. The van der Waals surface area contributed by atoms with E-state index in [2.05, 4.69) is 40.5 Å². The van der Waals surface area contributed by atoms with E-state index >= 15 is 13.6 Å². The van der Waals surface area contributed by atoms with E-state index in [0.717, 1.165) is 46.7 Å². The van der Waals surface area contributed by atoms with Gasteiger partial charge >= 0.3 is 11.4 Å². The molecule has 10 rings (SSSR count). The first kappa shape index (κ1) is 46.3. The van der Waals surface area contributed by atoms with Gasteiger partial charge in [-0.3, -0.25) is 23.4 Å². The third-order valence-corrected chi connectivity index (χ3v) is 17.8. The number of rotatable bonds is 9. The minimum Gasteiger partial charge on any atom is -0.402 e. The maximum absolute atomic E-state index is 16.3. The minimum absolute atomic E-state index is 0.0349. The van der Waals surface area contributed by atoms with Crippen LogP contribution in [0.4, 0.5) is 14.5 Å². The van der Waals surface area contributed by atoms with Crippen molar-refractivity contribution in [3.63, 3.8) is 0 Å². The molecule has 2 aliphatic heterocycles. The molecule has 18 heteroatoms. The van der Waals surface area contributed by atoms with Crippen LogP contribution >= 0.6 is 0 Å². The molecule has 1 amide bonds. The Labute approximate surface area is 398 Å². The van der Waals surface area contributed by atoms with Gasteiger partial charge in [0.05, 0.1) is 37.6 Å². The Bertz CT molecular complexity index is 3410. The van der Waals surface area contributed by atoms with Crippen LogP contribution in [0.5, 0.6) is 0 Å². The number of aliphatic imine (C=N–C) groups is 1. The Morgan fingerprint density at radius 3 is 2.33 bits per heavy atom. The van der Waals surface area contributed by atoms with Crippen molar-refractivity contribution in [1.82, 2.24) is 28.7 Å². The van der Waals surface area contributed by atoms with Crippen molar-refractivity contribution >= 4 is 38.1 Å². The highest BCUT2D eigenvalue weighted by atomic mass is 32.2. The summed E-state index contributed by atoms with van der Waals surface area (Å²) in [5.74, 6) is -1.59. The smallest absolute Gasteiger partial charge is 0.402 e. The van der Waals surface area contributed by atoms with E-state index in [1.807, 2.05) is 30.5 Å². The van der Waals surface area contributed by atoms with E-state index in [1.165, 1.54) is 36.1 Å². The fourth-order valence-corrected chi connectivity index (χ4v) is 13.4. The van der Waals surface area contributed by atoms with E-state index in [0.29, 0.717) is 63.1 Å². The summed E-state index contributed by atoms with van der Waals surface area (Å²) in [5.41, 5.74) is 9.57. The lowest BCUT2D eigenvalue weighted by molar-refractivity contribution is -0.0592. The second-order valence-electron chi connectivity index (χ2n) is 20.0. The van der Waals surface area contributed by atoms with Crippen LogP contribution < -0.4 is 17.2 Å². The number of aromatic amines is 1. The topological polar surface area (TPSA) is 188 Å². The van der Waals surface area contributed by atoms with Gasteiger partial charge in [-0.25, -0.2) is 31.9 Å². The van der Waals surface area contributed by atoms with Gasteiger partial charge in [0.15, 0.2) is 5.82 Å². The molecular weight excluding hydrogens is 905 g/mol. The van der Waals surface area contributed by atoms with Gasteiger partial charge in [-0.2, -0.15) is 0 Å². The number of fused-ring (bicyclic) bond motifs is 1. The zero-order valence-corrected chi connectivity index (χ0v) is 40.9. The Balaban J connectivity index is 1.09. The maximum Gasteiger partial charge on any atom is 0.438 e. The summed E-state index contributed by atoms with van der Waals surface area (Å²) in [6.07, 6.45) is 6.84. The van der Waals surface area contributed by atoms with Gasteiger partial charge in [0.1, 0.15) is 28.7 Å². The molecule has 0 radical (unpaired) electrons. The minimum atomic E-state index is -2.86. The second kappa shape index (κ2) is 16.6. The first-order chi connectivity index (χ1) is 32.8. The molecule has 4 aliphatic rings. The summed E-state index contributed by atoms with van der Waals surface area (Å²) >= 11 is 0. The Morgan fingerprint density at radius 2 is 1.70 bits per heavy atom. The molecule has 3 fully saturated rings. The zero-order valence-electron chi connectivity index (χ0n) is 40.1. The molecule has 5 atom stereocenters. The lowest BCUT2D eigenvalue weighted by atomic mass is 9.83. The number of hydrogen-bond donors (Lipinski definition) is 2. The number of ether oxygens (including phenoxy) is 1. The molecule has 6 aromatic rings. The molecule has 5 heterocycles. The number of nitrogens with zero attached hydrogens (tertiary/aromatic N) is 7. The number of amides is 1. The molecule has 0 spiro atoms. The molecule has 3 N–H and O–H groups in total. The van der Waals surface area contributed by atoms with Crippen molar-refractivity contribution in [2.45, 2.75) is 120 Å². The van der Waals surface area contributed by atoms with E-state index in [1.54, 1.807) is 37.8 Å². The van der Waals surface area contributed by atoms with Crippen LogP contribution in [0.3, 0.4) is 0 Å². The molecule has 1 unspecified atom stereocenters. The highest BCUT2D eigenvalue weighted by Gasteiger charge is 2.59. The van der Waals surface area contributed by atoms with Crippen molar-refractivity contribution in [2.24, 2.45) is 21.0 Å². The summed E-state index contributed by atoms with van der Waals surface area (Å²) < 4.78 is 65.0. The lowest BCUT2D eigenvalue weighted by Crippen LogP contribution is -2.49. The van der Waals surface area contributed by atoms with Crippen molar-refractivity contribution in [1.29, 1.82) is 0 Å². The maximum atomic E-state index is 16.3. The standard InChI is InChI=1S/C51H57F2N9O6S/c1-27-21-40(37(52)24-42(27)69(66,55-8)36-10-11-36)60-16-17-61(49(60)65)45(56-35-19-28(2)44(53)29(3)20-35)43-31(5)59(15-13-38(43)54)46(63)41-23-34-22-32(33-14-18-67-50(6,7)26-33)9-12-39(34)62(41)51(25-30(51)4)47-57-48(64)68-58-47/h9,12,16-17,19-24,30-31,33,36H,10-11,13-15,18,25-26,54H2,1-8H3,(H,57,58,64)/t30-,31-,33-,51-,69?/m0/s1. The molecule has 1 saturated heterocycles. The van der Waals surface area contributed by atoms with Crippen LogP contribution in [0, 0.1) is 38.3 Å². The summed E-state index contributed by atoms with van der Waals surface area (Å²) in [6.45, 7) is 13.9. The van der Waals surface area contributed by atoms with Crippen LogP contribution in [0.1, 0.15) is 111 Å². The number of H-pyrrole nitrogens is 1. The molecule has 15 nitrogen and oxygen atoms in total. The quantitative estimate of drug-likeness (QED) is 0.107. The third kappa shape index (κ3) is 7.70. The molecule has 362 valence electrons. The molecule has 69 heavy (non-hydrogen) atoms. The molecule has 2 aliphatic carbocycles. The highest BCUT2D eigenvalue weighted by molar-refractivity contribution is 7.94. The fraction of sp³-hybridized carbons (Fsp3) is 0.431. The Morgan fingerprint density at radius 1 is 0.971 bits per heavy atom. The first-order valence-electron chi connectivity index (χ1n) is 23.5. The van der Waals surface area contributed by atoms with Crippen LogP contribution in [-0.4, -0.2) is 81.8 Å². The van der Waals surface area contributed by atoms with Crippen LogP contribution in [0.25, 0.3) is 16.6 Å². The molecule has 0 bridgehead atoms. The number of aromatic nitrogens is 5. The summed E-state index contributed by atoms with van der Waals surface area (Å²) in [6, 6.07) is 13.2. The number of nitrogens with one attached hydrogen (secondary N) is 1. The van der Waals surface area contributed by atoms with Crippen molar-refractivity contribution in [3.05, 3.63) is 139 Å². The third-order valence-electron chi connectivity index (χ3n) is 14.8. The molecule has 2 saturated carbocycles. The van der Waals surface area contributed by atoms with Crippen molar-refractivity contribution < 1.29 is 27.0 Å². The average Bonchev–Trinajstić information content (AvgIpc) is 4.13. The van der Waals surface area contributed by atoms with Gasteiger partial charge in [-0.15, -0.1) is 0 Å². The largest absolute Gasteiger partial charge is 0.438 e. The normalized spacial score (nSPS) is 23.7. The summed E-state index contributed by atoms with van der Waals surface area (Å²) in [7, 11) is -1.38. The predicted molar refractivity (Wildman–Crippen MR) is 259 cm³/mol. The number of carbonyl (C=O) groups excluding carboxylic acids is 1. The van der Waals surface area contributed by atoms with E-state index < -0.39 is 44.4 Å². The zero-order chi connectivity index (χ0) is 49.1. The van der Waals surface area contributed by atoms with E-state index in [9.17, 15) is 13.8 Å². The molecular formula is C51H57F2N9O6S. The van der Waals surface area contributed by atoms with Crippen LogP contribution in [-0.2, 0) is 20.0 Å². The molecule has 3 aromatic carbocycles. The number of carbonyl (C=O) groups is 1. The number of hydrogen-bond acceptors (Lipinski definition) is 10. The SMILES string of the molecule is CN=S(=O)(c1cc(F)c(-n2ccn(C(=Nc3cc(C)c(F)c(C)c3)C3=C(N)CCN(C(=O)c4cc5cc([C@H]6CCOC(C)(C)C6)ccc5n4[C@@]4(c5noc(=O)[nH]5)C[C@@H]4C)[C@H]3C)c2=O)cc1C)C1CC1. The second-order valence-corrected chi connectivity index (χ2v) is 22.6. The number of imidazole rings is 1. The summed E-state index contributed by atoms with van der Waals surface area (Å²) in [4.78, 5) is 52.6. The summed E-state index contributed by atoms with van der Waals surface area (Å²) in [5, 5.41) is 4.85. The highest BCUT2D eigenvalue weighted by Crippen LogP contribution is 2.56. The van der Waals surface area contributed by atoms with Crippen LogP contribution in [0.2, 0.25) is 0 Å². The van der Waals surface area contributed by atoms with Crippen LogP contribution in [0.15, 0.2) is 101 Å². The number of aryl methyl sites for hydroxylation is 3. The van der Waals surface area contributed by atoms with E-state index in [4.69, 9.17) is 20.0 Å². The Kier molecular flexibility index (Phi) is 11.2. The van der Waals surface area contributed by atoms with Gasteiger partial charge in [0.25, 0.3) is 5.91 Å². The van der Waals surface area contributed by atoms with Gasteiger partial charge in [0, 0.05) is 66.4 Å². The molecule has 3 aromatic heterocycles.